The first-order valence-corrected chi connectivity index (χ1v) is 7.50. The molecule has 9 heteroatoms. The third kappa shape index (κ3) is 3.48. The summed E-state index contributed by atoms with van der Waals surface area (Å²) in [5.74, 6) is 0. The molecule has 0 aliphatic carbocycles. The number of nitrogens with zero attached hydrogens (tertiary/aromatic N) is 2. The van der Waals surface area contributed by atoms with Crippen molar-refractivity contribution in [1.29, 1.82) is 0 Å². The second-order valence-electron chi connectivity index (χ2n) is 3.62. The Hall–Kier alpha value is -2.00. The van der Waals surface area contributed by atoms with E-state index in [0.717, 1.165) is 16.9 Å². The molecular weight excluding hydrogens is 288 g/mol. The zero-order valence-electron chi connectivity index (χ0n) is 9.82. The van der Waals surface area contributed by atoms with E-state index in [0.29, 0.717) is 0 Å². The quantitative estimate of drug-likeness (QED) is 0.891. The molecule has 2 rings (SSSR count). The minimum absolute atomic E-state index is 0.0190. The van der Waals surface area contributed by atoms with Crippen LogP contribution in [0.5, 0.6) is 0 Å². The fraction of sp³-hybridized carbons (Fsp3) is 0.100. The van der Waals surface area contributed by atoms with Gasteiger partial charge in [0, 0.05) is 0 Å². The molecule has 0 fully saturated rings. The van der Waals surface area contributed by atoms with Gasteiger partial charge in [0.25, 0.3) is 10.0 Å². The number of amides is 2. The van der Waals surface area contributed by atoms with Crippen molar-refractivity contribution in [2.24, 2.45) is 0 Å². The molecule has 0 atom stereocenters. The van der Waals surface area contributed by atoms with Crippen LogP contribution in [0, 0.1) is 6.92 Å². The molecule has 2 aromatic rings. The van der Waals surface area contributed by atoms with Crippen molar-refractivity contribution in [1.82, 2.24) is 14.9 Å². The highest BCUT2D eigenvalue weighted by Gasteiger charge is 2.17. The number of urea groups is 1. The second-order valence-corrected chi connectivity index (χ2v) is 6.13. The summed E-state index contributed by atoms with van der Waals surface area (Å²) in [5, 5.41) is 9.58. The fourth-order valence-corrected chi connectivity index (χ4v) is 2.60. The Balaban J connectivity index is 2.09. The van der Waals surface area contributed by atoms with Gasteiger partial charge in [-0.1, -0.05) is 29.0 Å². The minimum Gasteiger partial charge on any atom is -0.281 e. The number of hydrogen-bond donors (Lipinski definition) is 2. The van der Waals surface area contributed by atoms with Gasteiger partial charge in [0.2, 0.25) is 5.13 Å². The summed E-state index contributed by atoms with van der Waals surface area (Å²) in [6.07, 6.45) is 0. The molecule has 1 heterocycles. The van der Waals surface area contributed by atoms with Crippen molar-refractivity contribution in [3.63, 3.8) is 0 Å². The normalized spacial score (nSPS) is 11.0. The summed E-state index contributed by atoms with van der Waals surface area (Å²) in [6, 6.07) is 5.28. The van der Waals surface area contributed by atoms with Crippen molar-refractivity contribution in [2.75, 3.05) is 5.32 Å². The van der Waals surface area contributed by atoms with Crippen molar-refractivity contribution in [3.05, 3.63) is 35.3 Å². The molecule has 100 valence electrons. The summed E-state index contributed by atoms with van der Waals surface area (Å²) < 4.78 is 25.6. The fourth-order valence-electron chi connectivity index (χ4n) is 1.25. The zero-order valence-corrected chi connectivity index (χ0v) is 11.5. The Bertz CT molecular complexity index is 665. The Labute approximate surface area is 113 Å². The van der Waals surface area contributed by atoms with Crippen LogP contribution in [0.4, 0.5) is 9.93 Å². The summed E-state index contributed by atoms with van der Waals surface area (Å²) in [5.41, 5.74) is 2.35. The maximum Gasteiger partial charge on any atom is 0.334 e. The summed E-state index contributed by atoms with van der Waals surface area (Å²) in [4.78, 5) is 11.5. The molecular formula is C10H10N4O3S2. The van der Waals surface area contributed by atoms with Gasteiger partial charge >= 0.3 is 6.03 Å². The van der Waals surface area contributed by atoms with Crippen molar-refractivity contribution in [3.8, 4) is 0 Å². The van der Waals surface area contributed by atoms with Crippen LogP contribution in [0.15, 0.2) is 34.7 Å². The molecule has 0 unspecified atom stereocenters. The lowest BCUT2D eigenvalue weighted by atomic mass is 10.2. The molecule has 0 aliphatic heterocycles. The van der Waals surface area contributed by atoms with E-state index in [1.165, 1.54) is 17.6 Å². The SMILES string of the molecule is Cc1ccc(S(=O)(=O)NC(=O)Nc2nncs2)cc1. The van der Waals surface area contributed by atoms with Gasteiger partial charge in [-0.15, -0.1) is 10.2 Å². The standard InChI is InChI=1S/C10H10N4O3S2/c1-7-2-4-8(5-3-7)19(16,17)14-9(15)12-10-13-11-6-18-10/h2-6H,1H3,(H2,12,13,14,15). The molecule has 0 bridgehead atoms. The highest BCUT2D eigenvalue weighted by molar-refractivity contribution is 7.90. The molecule has 2 N–H and O–H groups in total. The van der Waals surface area contributed by atoms with Crippen LogP contribution in [-0.4, -0.2) is 24.6 Å². The molecule has 1 aromatic carbocycles. The number of aromatic nitrogens is 2. The third-order valence-electron chi connectivity index (χ3n) is 2.14. The predicted molar refractivity (Wildman–Crippen MR) is 70.4 cm³/mol. The molecule has 7 nitrogen and oxygen atoms in total. The van der Waals surface area contributed by atoms with Crippen LogP contribution in [0.2, 0.25) is 0 Å². The first kappa shape index (κ1) is 13.4. The van der Waals surface area contributed by atoms with E-state index in [1.54, 1.807) is 12.1 Å². The van der Waals surface area contributed by atoms with Crippen LogP contribution in [0.25, 0.3) is 0 Å². The van der Waals surface area contributed by atoms with Crippen LogP contribution in [0.3, 0.4) is 0 Å². The maximum absolute atomic E-state index is 11.9. The number of benzene rings is 1. The van der Waals surface area contributed by atoms with Gasteiger partial charge in [-0.05, 0) is 19.1 Å². The number of sulfonamides is 1. The van der Waals surface area contributed by atoms with Crippen molar-refractivity contribution in [2.45, 2.75) is 11.8 Å². The van der Waals surface area contributed by atoms with E-state index in [2.05, 4.69) is 15.5 Å². The number of aryl methyl sites for hydroxylation is 1. The molecule has 2 amide bonds. The zero-order chi connectivity index (χ0) is 13.9. The number of carbonyl (C=O) groups is 1. The number of anilines is 1. The topological polar surface area (TPSA) is 101 Å². The molecule has 1 aromatic heterocycles. The van der Waals surface area contributed by atoms with Crippen LogP contribution < -0.4 is 10.0 Å². The number of carbonyl (C=O) groups excluding carboxylic acids is 1. The first-order valence-electron chi connectivity index (χ1n) is 5.14. The molecule has 0 radical (unpaired) electrons. The van der Waals surface area contributed by atoms with Crippen LogP contribution >= 0.6 is 11.3 Å². The van der Waals surface area contributed by atoms with E-state index in [4.69, 9.17) is 0 Å². The lowest BCUT2D eigenvalue weighted by molar-refractivity contribution is 0.256. The number of nitrogens with one attached hydrogen (secondary N) is 2. The predicted octanol–water partition coefficient (Wildman–Crippen LogP) is 1.36. The molecule has 0 saturated carbocycles. The average molecular weight is 298 g/mol. The van der Waals surface area contributed by atoms with E-state index in [1.807, 2.05) is 11.6 Å². The lowest BCUT2D eigenvalue weighted by Gasteiger charge is -2.06. The largest absolute Gasteiger partial charge is 0.334 e. The van der Waals surface area contributed by atoms with Crippen LogP contribution in [0.1, 0.15) is 5.56 Å². The van der Waals surface area contributed by atoms with Gasteiger partial charge in [0.15, 0.2) is 0 Å². The van der Waals surface area contributed by atoms with E-state index in [9.17, 15) is 13.2 Å². The Morgan fingerprint density at radius 3 is 2.53 bits per heavy atom. The summed E-state index contributed by atoms with van der Waals surface area (Å²) >= 11 is 1.09. The number of hydrogen-bond acceptors (Lipinski definition) is 6. The van der Waals surface area contributed by atoms with Gasteiger partial charge in [0.05, 0.1) is 4.90 Å². The van der Waals surface area contributed by atoms with Gasteiger partial charge in [-0.3, -0.25) is 5.32 Å². The Morgan fingerprint density at radius 2 is 1.95 bits per heavy atom. The van der Waals surface area contributed by atoms with E-state index < -0.39 is 16.1 Å². The Morgan fingerprint density at radius 1 is 1.26 bits per heavy atom. The second kappa shape index (κ2) is 5.33. The molecule has 19 heavy (non-hydrogen) atoms. The summed E-state index contributed by atoms with van der Waals surface area (Å²) in [6.45, 7) is 1.84. The highest BCUT2D eigenvalue weighted by atomic mass is 32.2. The van der Waals surface area contributed by atoms with Crippen LogP contribution in [-0.2, 0) is 10.0 Å². The van der Waals surface area contributed by atoms with Gasteiger partial charge < -0.3 is 0 Å². The maximum atomic E-state index is 11.9. The lowest BCUT2D eigenvalue weighted by Crippen LogP contribution is -2.34. The molecule has 0 saturated heterocycles. The molecule has 0 aliphatic rings. The van der Waals surface area contributed by atoms with E-state index >= 15 is 0 Å². The van der Waals surface area contributed by atoms with Gasteiger partial charge in [-0.25, -0.2) is 17.9 Å². The van der Waals surface area contributed by atoms with Crippen molar-refractivity contribution >= 4 is 32.5 Å². The third-order valence-corrected chi connectivity index (χ3v) is 4.09. The summed E-state index contributed by atoms with van der Waals surface area (Å²) in [7, 11) is -3.89. The first-order chi connectivity index (χ1) is 8.97. The van der Waals surface area contributed by atoms with Gasteiger partial charge in [-0.2, -0.15) is 0 Å². The van der Waals surface area contributed by atoms with Crippen molar-refractivity contribution < 1.29 is 13.2 Å². The molecule has 0 spiro atoms. The smallest absolute Gasteiger partial charge is 0.281 e. The van der Waals surface area contributed by atoms with E-state index in [-0.39, 0.29) is 10.0 Å². The highest BCUT2D eigenvalue weighted by Crippen LogP contribution is 2.11. The van der Waals surface area contributed by atoms with Gasteiger partial charge in [0.1, 0.15) is 5.51 Å². The average Bonchev–Trinajstić information content (AvgIpc) is 2.81. The monoisotopic (exact) mass is 298 g/mol. The number of rotatable bonds is 3. The minimum atomic E-state index is -3.89. The Kier molecular flexibility index (Phi) is 3.76.